The lowest BCUT2D eigenvalue weighted by atomic mass is 9.68. The Balaban J connectivity index is 1.60. The van der Waals surface area contributed by atoms with Gasteiger partial charge in [0.2, 0.25) is 5.91 Å². The molecule has 0 aliphatic rings. The molecule has 0 saturated heterocycles. The second-order valence-corrected chi connectivity index (χ2v) is 8.14. The van der Waals surface area contributed by atoms with Crippen molar-refractivity contribution in [2.24, 2.45) is 0 Å². The summed E-state index contributed by atoms with van der Waals surface area (Å²) in [5.74, 6) is -0.203. The van der Waals surface area contributed by atoms with Gasteiger partial charge in [0.1, 0.15) is 5.82 Å². The number of carbonyl (C=O) groups excluding carboxylic acids is 1. The molecule has 0 heterocycles. The summed E-state index contributed by atoms with van der Waals surface area (Å²) in [4.78, 5) is 12.3. The van der Waals surface area contributed by atoms with E-state index in [0.29, 0.717) is 19.4 Å². The molecule has 3 rings (SSSR count). The molecule has 31 heavy (non-hydrogen) atoms. The van der Waals surface area contributed by atoms with Gasteiger partial charge in [0, 0.05) is 18.4 Å². The number of rotatable bonds is 11. The molecule has 1 N–H and O–H groups in total. The summed E-state index contributed by atoms with van der Waals surface area (Å²) in [6, 6.07) is 27.8. The molecule has 0 fully saturated rings. The molecule has 3 aromatic carbocycles. The normalized spacial score (nSPS) is 11.3. The second kappa shape index (κ2) is 11.5. The van der Waals surface area contributed by atoms with Crippen molar-refractivity contribution in [2.75, 3.05) is 6.54 Å². The third-order valence-electron chi connectivity index (χ3n) is 5.99. The highest BCUT2D eigenvalue weighted by molar-refractivity contribution is 5.76. The summed E-state index contributed by atoms with van der Waals surface area (Å²) >= 11 is 0. The first-order valence-electron chi connectivity index (χ1n) is 11.3. The smallest absolute Gasteiger partial charge is 0.220 e. The molecule has 0 atom stereocenters. The van der Waals surface area contributed by atoms with E-state index in [0.717, 1.165) is 31.2 Å². The summed E-state index contributed by atoms with van der Waals surface area (Å²) in [6.45, 7) is 2.89. The summed E-state index contributed by atoms with van der Waals surface area (Å²) in [5.41, 5.74) is 3.61. The molecular weight excluding hydrogens is 385 g/mol. The van der Waals surface area contributed by atoms with Crippen LogP contribution in [-0.4, -0.2) is 12.5 Å². The Morgan fingerprint density at radius 2 is 1.42 bits per heavy atom. The number of halogens is 1. The monoisotopic (exact) mass is 417 g/mol. The van der Waals surface area contributed by atoms with Crippen molar-refractivity contribution in [3.8, 4) is 0 Å². The fraction of sp³-hybridized carbons (Fsp3) is 0.321. The molecule has 162 valence electrons. The quantitative estimate of drug-likeness (QED) is 0.357. The van der Waals surface area contributed by atoms with Crippen LogP contribution in [0.1, 0.15) is 55.7 Å². The van der Waals surface area contributed by atoms with Crippen molar-refractivity contribution in [3.63, 3.8) is 0 Å². The van der Waals surface area contributed by atoms with Crippen LogP contribution in [-0.2, 0) is 16.6 Å². The Bertz CT molecular complexity index is 883. The van der Waals surface area contributed by atoms with Crippen LogP contribution in [0.25, 0.3) is 0 Å². The van der Waals surface area contributed by atoms with E-state index in [-0.39, 0.29) is 17.1 Å². The van der Waals surface area contributed by atoms with Gasteiger partial charge >= 0.3 is 0 Å². The van der Waals surface area contributed by atoms with E-state index < -0.39 is 0 Å². The molecule has 0 aliphatic carbocycles. The van der Waals surface area contributed by atoms with Crippen molar-refractivity contribution in [3.05, 3.63) is 107 Å². The lowest BCUT2D eigenvalue weighted by Crippen LogP contribution is -2.31. The van der Waals surface area contributed by atoms with Gasteiger partial charge in [0.15, 0.2) is 0 Å². The number of carbonyl (C=O) groups is 1. The lowest BCUT2D eigenvalue weighted by Gasteiger charge is -2.35. The van der Waals surface area contributed by atoms with Crippen LogP contribution in [0.3, 0.4) is 0 Å². The lowest BCUT2D eigenvalue weighted by molar-refractivity contribution is -0.121. The summed E-state index contributed by atoms with van der Waals surface area (Å²) in [5, 5.41) is 3.07. The SMILES string of the molecule is CCCC(CCCNC(=O)CCc1ccc(F)cc1)(c1ccccc1)c1ccccc1. The van der Waals surface area contributed by atoms with Gasteiger partial charge in [0.05, 0.1) is 0 Å². The van der Waals surface area contributed by atoms with Gasteiger partial charge in [-0.15, -0.1) is 0 Å². The fourth-order valence-corrected chi connectivity index (χ4v) is 4.43. The zero-order chi connectivity index (χ0) is 21.9. The van der Waals surface area contributed by atoms with E-state index in [9.17, 15) is 9.18 Å². The molecule has 2 nitrogen and oxygen atoms in total. The largest absolute Gasteiger partial charge is 0.356 e. The Morgan fingerprint density at radius 1 is 0.839 bits per heavy atom. The average molecular weight is 418 g/mol. The first-order valence-corrected chi connectivity index (χ1v) is 11.3. The summed E-state index contributed by atoms with van der Waals surface area (Å²) < 4.78 is 13.0. The molecule has 0 bridgehead atoms. The molecule has 3 aromatic rings. The predicted molar refractivity (Wildman–Crippen MR) is 126 cm³/mol. The topological polar surface area (TPSA) is 29.1 Å². The molecule has 0 spiro atoms. The number of benzene rings is 3. The molecular formula is C28H32FNO. The Morgan fingerprint density at radius 3 is 1.97 bits per heavy atom. The molecule has 0 unspecified atom stereocenters. The van der Waals surface area contributed by atoms with E-state index >= 15 is 0 Å². The minimum Gasteiger partial charge on any atom is -0.356 e. The van der Waals surface area contributed by atoms with Gasteiger partial charge in [0.25, 0.3) is 0 Å². The van der Waals surface area contributed by atoms with Crippen LogP contribution < -0.4 is 5.32 Å². The first-order chi connectivity index (χ1) is 15.1. The van der Waals surface area contributed by atoms with Crippen molar-refractivity contribution < 1.29 is 9.18 Å². The minimum atomic E-state index is -0.249. The maximum atomic E-state index is 13.0. The molecule has 0 saturated carbocycles. The van der Waals surface area contributed by atoms with Gasteiger partial charge in [-0.3, -0.25) is 4.79 Å². The van der Waals surface area contributed by atoms with Gasteiger partial charge in [-0.2, -0.15) is 0 Å². The number of amides is 1. The van der Waals surface area contributed by atoms with Crippen LogP contribution in [0, 0.1) is 5.82 Å². The summed E-state index contributed by atoms with van der Waals surface area (Å²) in [7, 11) is 0. The first kappa shape index (κ1) is 22.7. The van der Waals surface area contributed by atoms with Gasteiger partial charge in [-0.05, 0) is 54.5 Å². The second-order valence-electron chi connectivity index (χ2n) is 8.14. The minimum absolute atomic E-state index is 0.0455. The van der Waals surface area contributed by atoms with Crippen LogP contribution in [0.15, 0.2) is 84.9 Å². The van der Waals surface area contributed by atoms with Gasteiger partial charge in [-0.25, -0.2) is 4.39 Å². The molecule has 1 amide bonds. The van der Waals surface area contributed by atoms with E-state index in [1.54, 1.807) is 12.1 Å². The maximum Gasteiger partial charge on any atom is 0.220 e. The van der Waals surface area contributed by atoms with Crippen molar-refractivity contribution >= 4 is 5.91 Å². The van der Waals surface area contributed by atoms with E-state index in [1.165, 1.54) is 23.3 Å². The molecule has 0 aliphatic heterocycles. The molecule has 0 aromatic heterocycles. The molecule has 3 heteroatoms. The van der Waals surface area contributed by atoms with Crippen LogP contribution in [0.5, 0.6) is 0 Å². The average Bonchev–Trinajstić information content (AvgIpc) is 2.82. The van der Waals surface area contributed by atoms with Crippen molar-refractivity contribution in [1.82, 2.24) is 5.32 Å². The highest BCUT2D eigenvalue weighted by Crippen LogP contribution is 2.40. The van der Waals surface area contributed by atoms with Crippen molar-refractivity contribution in [1.29, 1.82) is 0 Å². The van der Waals surface area contributed by atoms with E-state index in [2.05, 4.69) is 72.9 Å². The zero-order valence-corrected chi connectivity index (χ0v) is 18.3. The standard InChI is InChI=1S/C28H32FNO/c1-2-20-28(24-10-5-3-6-11-24,25-12-7-4-8-13-25)21-9-22-30-27(31)19-16-23-14-17-26(29)18-15-23/h3-8,10-15,17-18H,2,9,16,19-22H2,1H3,(H,30,31). The maximum absolute atomic E-state index is 13.0. The molecule has 0 radical (unpaired) electrons. The van der Waals surface area contributed by atoms with E-state index in [1.807, 2.05) is 0 Å². The summed E-state index contributed by atoms with van der Waals surface area (Å²) in [6.07, 6.45) is 5.09. The van der Waals surface area contributed by atoms with Gasteiger partial charge in [-0.1, -0.05) is 86.1 Å². The highest BCUT2D eigenvalue weighted by Gasteiger charge is 2.32. The van der Waals surface area contributed by atoms with Crippen LogP contribution in [0.4, 0.5) is 4.39 Å². The third-order valence-corrected chi connectivity index (χ3v) is 5.99. The number of nitrogens with one attached hydrogen (secondary N) is 1. The third kappa shape index (κ3) is 6.27. The van der Waals surface area contributed by atoms with E-state index in [4.69, 9.17) is 0 Å². The Kier molecular flexibility index (Phi) is 8.40. The van der Waals surface area contributed by atoms with Crippen LogP contribution >= 0.6 is 0 Å². The van der Waals surface area contributed by atoms with Crippen LogP contribution in [0.2, 0.25) is 0 Å². The Hall–Kier alpha value is -2.94. The zero-order valence-electron chi connectivity index (χ0n) is 18.3. The number of aryl methyl sites for hydroxylation is 1. The predicted octanol–water partition coefficient (Wildman–Crippen LogP) is 6.44. The highest BCUT2D eigenvalue weighted by atomic mass is 19.1. The fourth-order valence-electron chi connectivity index (χ4n) is 4.43. The number of hydrogen-bond donors (Lipinski definition) is 1. The Labute approximate surface area is 185 Å². The van der Waals surface area contributed by atoms with Crippen molar-refractivity contribution in [2.45, 2.75) is 50.9 Å². The van der Waals surface area contributed by atoms with Gasteiger partial charge < -0.3 is 5.32 Å². The number of hydrogen-bond acceptors (Lipinski definition) is 1.